The van der Waals surface area contributed by atoms with E-state index in [1.807, 2.05) is 43.6 Å². The van der Waals surface area contributed by atoms with Crippen LogP contribution in [-0.4, -0.2) is 53.9 Å². The molecule has 1 aliphatic heterocycles. The largest absolute Gasteiger partial charge is 0.378 e. The number of nitrogens with zero attached hydrogens (tertiary/aromatic N) is 4. The quantitative estimate of drug-likeness (QED) is 0.217. The fraction of sp³-hybridized carbons (Fsp3) is 0.400. The Morgan fingerprint density at radius 2 is 1.83 bits per heavy atom. The third-order valence-corrected chi connectivity index (χ3v) is 8.07. The number of benzene rings is 2. The summed E-state index contributed by atoms with van der Waals surface area (Å²) in [6.07, 6.45) is 8.40. The first-order chi connectivity index (χ1) is 19.6. The highest BCUT2D eigenvalue weighted by Gasteiger charge is 2.34. The van der Waals surface area contributed by atoms with Gasteiger partial charge in [0.05, 0.1) is 40.1 Å². The lowest BCUT2D eigenvalue weighted by atomic mass is 9.84. The van der Waals surface area contributed by atoms with Gasteiger partial charge in [-0.05, 0) is 49.0 Å². The Morgan fingerprint density at radius 1 is 1.15 bits per heavy atom. The van der Waals surface area contributed by atoms with Crippen LogP contribution in [0.15, 0.2) is 60.2 Å². The van der Waals surface area contributed by atoms with Gasteiger partial charge in [0.15, 0.2) is 0 Å². The Kier molecular flexibility index (Phi) is 9.96. The van der Waals surface area contributed by atoms with E-state index in [1.165, 1.54) is 0 Å². The molecule has 6 heteroatoms. The van der Waals surface area contributed by atoms with E-state index in [1.54, 1.807) is 13.2 Å². The molecule has 0 saturated carbocycles. The van der Waals surface area contributed by atoms with Gasteiger partial charge >= 0.3 is 0 Å². The topological polar surface area (TPSA) is 50.6 Å². The molecule has 2 unspecified atom stereocenters. The van der Waals surface area contributed by atoms with Crippen molar-refractivity contribution < 1.29 is 4.74 Å². The van der Waals surface area contributed by atoms with E-state index in [0.29, 0.717) is 16.4 Å². The number of aryl methyl sites for hydroxylation is 1. The fourth-order valence-corrected chi connectivity index (χ4v) is 5.91. The number of likely N-dealkylation sites (tertiary alicyclic amines) is 1. The Balaban J connectivity index is 1.69. The Hall–Kier alpha value is -3.12. The van der Waals surface area contributed by atoms with Crippen LogP contribution in [0, 0.1) is 18.3 Å². The molecule has 0 bridgehead atoms. The lowest BCUT2D eigenvalue weighted by Crippen LogP contribution is -2.54. The maximum atomic E-state index is 7.18. The van der Waals surface area contributed by atoms with Crippen LogP contribution in [0.1, 0.15) is 57.1 Å². The summed E-state index contributed by atoms with van der Waals surface area (Å²) in [5.74, 6) is 0.314. The van der Waals surface area contributed by atoms with Gasteiger partial charge in [-0.1, -0.05) is 82.3 Å². The van der Waals surface area contributed by atoms with E-state index < -0.39 is 0 Å². The van der Waals surface area contributed by atoms with E-state index in [9.17, 15) is 0 Å². The first-order valence-corrected chi connectivity index (χ1v) is 14.8. The van der Waals surface area contributed by atoms with E-state index in [2.05, 4.69) is 69.3 Å². The highest BCUT2D eigenvalue weighted by atomic mass is 35.5. The molecule has 0 spiro atoms. The van der Waals surface area contributed by atoms with Crippen LogP contribution in [0.3, 0.4) is 0 Å². The zero-order chi connectivity index (χ0) is 29.7. The maximum Gasteiger partial charge on any atom is 0.0895 e. The van der Waals surface area contributed by atoms with Gasteiger partial charge in [-0.15, -0.1) is 0 Å². The molecular formula is C35H43ClN4O. The molecule has 0 N–H and O–H groups in total. The van der Waals surface area contributed by atoms with Gasteiger partial charge in [0.2, 0.25) is 0 Å². The molecule has 41 heavy (non-hydrogen) atoms. The predicted octanol–water partition coefficient (Wildman–Crippen LogP) is 8.40. The summed E-state index contributed by atoms with van der Waals surface area (Å²) >= 11 is 7.18. The van der Waals surface area contributed by atoms with Crippen molar-refractivity contribution in [3.8, 4) is 22.4 Å². The average molecular weight is 571 g/mol. The highest BCUT2D eigenvalue weighted by Crippen LogP contribution is 2.39. The molecular weight excluding hydrogens is 528 g/mol. The minimum absolute atomic E-state index is 0.109. The maximum absolute atomic E-state index is 7.18. The van der Waals surface area contributed by atoms with Crippen LogP contribution in [-0.2, 0) is 11.2 Å². The second-order valence-electron chi connectivity index (χ2n) is 11.9. The molecule has 0 radical (unpaired) electrons. The zero-order valence-corrected chi connectivity index (χ0v) is 26.3. The van der Waals surface area contributed by atoms with Crippen LogP contribution in [0.5, 0.6) is 0 Å². The predicted molar refractivity (Wildman–Crippen MR) is 174 cm³/mol. The normalized spacial score (nSPS) is 16.9. The second-order valence-corrected chi connectivity index (χ2v) is 12.3. The number of methoxy groups -OCH3 is 1. The summed E-state index contributed by atoms with van der Waals surface area (Å²) in [4.78, 5) is 17.0. The molecule has 4 rings (SSSR count). The van der Waals surface area contributed by atoms with Crippen molar-refractivity contribution in [2.24, 2.45) is 16.3 Å². The van der Waals surface area contributed by atoms with Gasteiger partial charge < -0.3 is 9.64 Å². The van der Waals surface area contributed by atoms with Crippen LogP contribution in [0.4, 0.5) is 0 Å². The summed E-state index contributed by atoms with van der Waals surface area (Å²) in [6.45, 7) is 20.2. The first-order valence-electron chi connectivity index (χ1n) is 14.5. The number of aromatic nitrogens is 2. The fourth-order valence-electron chi connectivity index (χ4n) is 5.58. The summed E-state index contributed by atoms with van der Waals surface area (Å²) < 4.78 is 5.58. The number of halogens is 1. The van der Waals surface area contributed by atoms with Crippen LogP contribution in [0.2, 0.25) is 5.02 Å². The minimum atomic E-state index is -0.109. The van der Waals surface area contributed by atoms with Gasteiger partial charge in [0, 0.05) is 55.6 Å². The number of aliphatic imine (C=N–C) groups is 1. The van der Waals surface area contributed by atoms with E-state index in [4.69, 9.17) is 26.3 Å². The second kappa shape index (κ2) is 13.2. The highest BCUT2D eigenvalue weighted by molar-refractivity contribution is 6.35. The van der Waals surface area contributed by atoms with Crippen molar-refractivity contribution in [1.82, 2.24) is 14.9 Å². The molecule has 1 aromatic heterocycles. The van der Waals surface area contributed by atoms with E-state index in [0.717, 1.165) is 76.7 Å². The molecule has 0 amide bonds. The Morgan fingerprint density at radius 3 is 2.49 bits per heavy atom. The molecule has 2 heterocycles. The van der Waals surface area contributed by atoms with Crippen molar-refractivity contribution in [3.63, 3.8) is 0 Å². The summed E-state index contributed by atoms with van der Waals surface area (Å²) in [6, 6.07) is 12.4. The first kappa shape index (κ1) is 30.8. The number of hydrogen-bond donors (Lipinski definition) is 0. The summed E-state index contributed by atoms with van der Waals surface area (Å²) in [5.41, 5.74) is 8.81. The van der Waals surface area contributed by atoms with Crippen molar-refractivity contribution >= 4 is 29.6 Å². The monoisotopic (exact) mass is 570 g/mol. The standard InChI is InChI=1S/C35H43ClN4O/c1-9-30-31(10-2)39-33(19-38-30)27-14-11-13-26(25(27)5)28-15-12-16-29(34(28)36)32(17-24(4)41-8)37-18-23(3)20-40-21-35(6,7)22-40/h10-19,23-24H,2,9,20-22H2,1,3-8H3/b32-17-,37-18-. The molecule has 1 fully saturated rings. The van der Waals surface area contributed by atoms with Crippen LogP contribution in [0.25, 0.3) is 34.2 Å². The zero-order valence-electron chi connectivity index (χ0n) is 25.5. The van der Waals surface area contributed by atoms with E-state index in [-0.39, 0.29) is 6.10 Å². The van der Waals surface area contributed by atoms with Crippen LogP contribution >= 0.6 is 11.6 Å². The molecule has 2 atom stereocenters. The SMILES string of the molecule is C=Cc1nc(-c2cccc(-c3cccc(C(=C/C(C)OC)/N=C\C(C)CN4CC(C)(C)C4)c3Cl)c2C)cnc1CC. The van der Waals surface area contributed by atoms with Crippen molar-refractivity contribution in [1.29, 1.82) is 0 Å². The molecule has 2 aromatic carbocycles. The Labute approximate surface area is 251 Å². The van der Waals surface area contributed by atoms with Crippen molar-refractivity contribution in [2.75, 3.05) is 26.7 Å². The number of ether oxygens (including phenoxy) is 1. The van der Waals surface area contributed by atoms with Crippen LogP contribution < -0.4 is 0 Å². The van der Waals surface area contributed by atoms with Gasteiger partial charge in [-0.25, -0.2) is 4.98 Å². The minimum Gasteiger partial charge on any atom is -0.378 e. The third-order valence-electron chi connectivity index (χ3n) is 7.66. The lowest BCUT2D eigenvalue weighted by Gasteiger charge is -2.46. The van der Waals surface area contributed by atoms with Gasteiger partial charge in [-0.2, -0.15) is 0 Å². The molecule has 216 valence electrons. The van der Waals surface area contributed by atoms with Crippen molar-refractivity contribution in [2.45, 2.75) is 54.1 Å². The van der Waals surface area contributed by atoms with Gasteiger partial charge in [0.25, 0.3) is 0 Å². The lowest BCUT2D eigenvalue weighted by molar-refractivity contribution is 0.0267. The third kappa shape index (κ3) is 7.21. The molecule has 1 saturated heterocycles. The van der Waals surface area contributed by atoms with Gasteiger partial charge in [-0.3, -0.25) is 9.98 Å². The van der Waals surface area contributed by atoms with Gasteiger partial charge in [0.1, 0.15) is 0 Å². The van der Waals surface area contributed by atoms with Crippen molar-refractivity contribution in [3.05, 3.63) is 82.8 Å². The molecule has 1 aliphatic rings. The summed E-state index contributed by atoms with van der Waals surface area (Å²) in [5, 5.41) is 0.663. The Bertz CT molecular complexity index is 1450. The average Bonchev–Trinajstić information content (AvgIpc) is 2.94. The number of hydrogen-bond acceptors (Lipinski definition) is 5. The molecule has 3 aromatic rings. The van der Waals surface area contributed by atoms with E-state index >= 15 is 0 Å². The molecule has 5 nitrogen and oxygen atoms in total. The molecule has 0 aliphatic carbocycles. The smallest absolute Gasteiger partial charge is 0.0895 e. The number of rotatable bonds is 11. The summed E-state index contributed by atoms with van der Waals surface area (Å²) in [7, 11) is 1.71.